The molecule has 0 radical (unpaired) electrons. The molecule has 3 aliphatic rings. The Morgan fingerprint density at radius 2 is 1.94 bits per heavy atom. The number of benzene rings is 1. The van der Waals surface area contributed by atoms with Crippen molar-refractivity contribution in [1.82, 2.24) is 9.80 Å². The molecule has 1 fully saturated rings. The smallest absolute Gasteiger partial charge is 0.396 e. The van der Waals surface area contributed by atoms with Crippen molar-refractivity contribution >= 4 is 48.1 Å². The molecule has 4 rings (SSSR count). The predicted octanol–water partition coefficient (Wildman–Crippen LogP) is 2.84. The molecule has 32 heavy (non-hydrogen) atoms. The molecule has 1 atom stereocenters. The number of amides is 3. The Hall–Kier alpha value is -1.33. The molecular weight excluding hydrogens is 545 g/mol. The Morgan fingerprint density at radius 3 is 2.62 bits per heavy atom. The van der Waals surface area contributed by atoms with E-state index < -0.39 is 20.7 Å². The summed E-state index contributed by atoms with van der Waals surface area (Å²) in [5, 5.41) is 9.88. The van der Waals surface area contributed by atoms with E-state index in [4.69, 9.17) is 16.3 Å². The van der Waals surface area contributed by atoms with E-state index in [-0.39, 0.29) is 30.0 Å². The Bertz CT molecular complexity index is 928. The van der Waals surface area contributed by atoms with E-state index in [1.807, 2.05) is 29.2 Å². The lowest BCUT2D eigenvalue weighted by molar-refractivity contribution is -0.736. The highest BCUT2D eigenvalue weighted by molar-refractivity contribution is 14.2. The monoisotopic (exact) mass is 574 g/mol. The van der Waals surface area contributed by atoms with Crippen molar-refractivity contribution in [1.29, 1.82) is 0 Å². The van der Waals surface area contributed by atoms with E-state index in [9.17, 15) is 14.7 Å². The molecule has 7 nitrogen and oxygen atoms in total. The van der Waals surface area contributed by atoms with Crippen LogP contribution in [0.25, 0.3) is 0 Å². The molecule has 1 saturated carbocycles. The lowest BCUT2D eigenvalue weighted by atomic mass is 10.1. The third-order valence-corrected chi connectivity index (χ3v) is 9.61. The van der Waals surface area contributed by atoms with Crippen molar-refractivity contribution in [2.45, 2.75) is 45.1 Å². The fourth-order valence-corrected chi connectivity index (χ4v) is 7.46. The molecule has 0 spiro atoms. The number of hydrogen-bond donors (Lipinski definition) is 2. The summed E-state index contributed by atoms with van der Waals surface area (Å²) >= 11 is 5.27. The molecule has 9 heteroatoms. The minimum absolute atomic E-state index is 0.0528. The van der Waals surface area contributed by atoms with Crippen LogP contribution in [0.3, 0.4) is 0 Å². The van der Waals surface area contributed by atoms with Gasteiger partial charge in [-0.3, -0.25) is 4.90 Å². The predicted molar refractivity (Wildman–Crippen MR) is 131 cm³/mol. The van der Waals surface area contributed by atoms with Gasteiger partial charge in [0.2, 0.25) is 0 Å². The summed E-state index contributed by atoms with van der Waals surface area (Å²) in [6.45, 7) is 1.36. The van der Waals surface area contributed by atoms with Crippen LogP contribution in [-0.4, -0.2) is 57.5 Å². The number of nitrogens with zero attached hydrogens (tertiary/aromatic N) is 2. The SMILES string of the molecule is CN1C(=O)[NH+](CCCO)C(=O)C2=C1I=C(OCCC1CCCC1)N2Cc1ccc(Cl)cc1. The largest absolute Gasteiger partial charge is 0.429 e. The zero-order valence-corrected chi connectivity index (χ0v) is 21.2. The number of hydrogen-bond acceptors (Lipinski definition) is 5. The van der Waals surface area contributed by atoms with Crippen LogP contribution in [0.5, 0.6) is 0 Å². The van der Waals surface area contributed by atoms with Gasteiger partial charge in [0.05, 0.1) is 19.7 Å². The first kappa shape index (κ1) is 23.8. The Labute approximate surface area is 203 Å². The van der Waals surface area contributed by atoms with Gasteiger partial charge in [-0.15, -0.1) is 0 Å². The van der Waals surface area contributed by atoms with Gasteiger partial charge in [-0.1, -0.05) is 49.4 Å². The third-order valence-electron chi connectivity index (χ3n) is 6.26. The minimum Gasteiger partial charge on any atom is -0.396 e. The Kier molecular flexibility index (Phi) is 7.99. The molecule has 0 bridgehead atoms. The van der Waals surface area contributed by atoms with Gasteiger partial charge in [0.15, 0.2) is 9.52 Å². The topological polar surface area (TPSA) is 74.5 Å². The van der Waals surface area contributed by atoms with Crippen LogP contribution in [0.4, 0.5) is 4.79 Å². The number of rotatable bonds is 9. The minimum atomic E-state index is -0.788. The molecule has 0 saturated heterocycles. The second-order valence-electron chi connectivity index (χ2n) is 8.49. The van der Waals surface area contributed by atoms with Crippen molar-refractivity contribution in [3.63, 3.8) is 0 Å². The number of ether oxygens (including phenoxy) is 1. The third kappa shape index (κ3) is 5.09. The number of urea groups is 1. The van der Waals surface area contributed by atoms with Crippen molar-refractivity contribution in [2.75, 3.05) is 26.8 Å². The molecule has 174 valence electrons. The van der Waals surface area contributed by atoms with Gasteiger partial charge in [0.25, 0.3) is 0 Å². The summed E-state index contributed by atoms with van der Waals surface area (Å²) in [6.07, 6.45) is 6.58. The first-order valence-electron chi connectivity index (χ1n) is 11.2. The maximum absolute atomic E-state index is 13.4. The molecular formula is C23H30ClIN3O4+. The molecule has 3 amide bonds. The molecule has 0 aromatic heterocycles. The average molecular weight is 575 g/mol. The summed E-state index contributed by atoms with van der Waals surface area (Å²) in [6, 6.07) is 7.34. The number of carbonyl (C=O) groups is 2. The summed E-state index contributed by atoms with van der Waals surface area (Å²) < 4.78 is 7.93. The zero-order valence-electron chi connectivity index (χ0n) is 18.3. The highest BCUT2D eigenvalue weighted by Crippen LogP contribution is 2.37. The molecule has 2 heterocycles. The second-order valence-corrected chi connectivity index (χ2v) is 11.4. The lowest BCUT2D eigenvalue weighted by Crippen LogP contribution is -3.19. The first-order chi connectivity index (χ1) is 15.5. The van der Waals surface area contributed by atoms with E-state index in [0.717, 1.165) is 25.4 Å². The fourth-order valence-electron chi connectivity index (χ4n) is 4.45. The highest BCUT2D eigenvalue weighted by atomic mass is 127. The Balaban J connectivity index is 1.58. The summed E-state index contributed by atoms with van der Waals surface area (Å²) in [5.74, 6) is 0.506. The maximum atomic E-state index is 13.4. The number of carbonyl (C=O) groups excluding carboxylic acids is 2. The van der Waals surface area contributed by atoms with Gasteiger partial charge < -0.3 is 14.7 Å². The van der Waals surface area contributed by atoms with Gasteiger partial charge in [0, 0.05) is 25.1 Å². The van der Waals surface area contributed by atoms with Gasteiger partial charge in [-0.05, 0) is 50.8 Å². The van der Waals surface area contributed by atoms with Gasteiger partial charge in [-0.25, -0.2) is 9.59 Å². The molecule has 1 aliphatic carbocycles. The molecule has 1 aromatic carbocycles. The van der Waals surface area contributed by atoms with Crippen LogP contribution >= 0.6 is 32.3 Å². The zero-order chi connectivity index (χ0) is 22.7. The Morgan fingerprint density at radius 1 is 1.22 bits per heavy atom. The van der Waals surface area contributed by atoms with Crippen LogP contribution in [0.15, 0.2) is 33.7 Å². The normalized spacial score (nSPS) is 21.8. The molecule has 2 aliphatic heterocycles. The average Bonchev–Trinajstić information content (AvgIpc) is 3.42. The van der Waals surface area contributed by atoms with Gasteiger partial charge in [0.1, 0.15) is 3.70 Å². The van der Waals surface area contributed by atoms with Crippen LogP contribution in [0.1, 0.15) is 44.1 Å². The van der Waals surface area contributed by atoms with Crippen LogP contribution in [0.2, 0.25) is 5.02 Å². The van der Waals surface area contributed by atoms with Gasteiger partial charge >= 0.3 is 11.9 Å². The van der Waals surface area contributed by atoms with Crippen LogP contribution < -0.4 is 4.90 Å². The molecule has 1 aromatic rings. The number of nitrogens with one attached hydrogen (secondary N) is 1. The number of imide groups is 1. The van der Waals surface area contributed by atoms with E-state index in [1.54, 1.807) is 11.9 Å². The fraction of sp³-hybridized carbons (Fsp3) is 0.522. The summed E-state index contributed by atoms with van der Waals surface area (Å²) in [5.41, 5.74) is 1.59. The summed E-state index contributed by atoms with van der Waals surface area (Å²) in [7, 11) is 1.74. The van der Waals surface area contributed by atoms with Crippen LogP contribution in [-0.2, 0) is 16.1 Å². The number of aliphatic hydroxyl groups excluding tert-OH is 1. The van der Waals surface area contributed by atoms with Crippen molar-refractivity contribution in [2.24, 2.45) is 5.92 Å². The quantitative estimate of drug-likeness (QED) is 0.351. The van der Waals surface area contributed by atoms with Crippen LogP contribution in [0, 0.1) is 5.92 Å². The number of halogens is 2. The maximum Gasteiger partial charge on any atom is 0.429 e. The molecule has 1 unspecified atom stereocenters. The van der Waals surface area contributed by atoms with E-state index in [0.29, 0.717) is 30.3 Å². The highest BCUT2D eigenvalue weighted by Gasteiger charge is 2.48. The van der Waals surface area contributed by atoms with Crippen molar-refractivity contribution in [3.05, 3.63) is 44.3 Å². The molecule has 2 N–H and O–H groups in total. The summed E-state index contributed by atoms with van der Waals surface area (Å²) in [4.78, 5) is 30.1. The number of aliphatic hydroxyl groups is 1. The van der Waals surface area contributed by atoms with Crippen molar-refractivity contribution in [3.8, 4) is 0 Å². The number of quaternary nitrogens is 1. The van der Waals surface area contributed by atoms with Crippen molar-refractivity contribution < 1.29 is 24.3 Å². The van der Waals surface area contributed by atoms with Gasteiger partial charge in [-0.2, -0.15) is 4.90 Å². The standard InChI is InChI=1S/C23H29ClIN3O4/c1-26-20-19(21(30)27(23(26)31)12-4-13-29)28(15-17-7-9-18(24)10-8-17)22(25-20)32-14-11-16-5-2-3-6-16/h7-10,16,29H,2-6,11-15H2,1H3/p+1. The van der Waals surface area contributed by atoms with E-state index >= 15 is 0 Å². The lowest BCUT2D eigenvalue weighted by Gasteiger charge is -2.30. The second kappa shape index (κ2) is 10.7. The van der Waals surface area contributed by atoms with E-state index in [2.05, 4.69) is 0 Å². The first-order valence-corrected chi connectivity index (χ1v) is 13.7. The van der Waals surface area contributed by atoms with E-state index in [1.165, 1.54) is 25.7 Å².